The highest BCUT2D eigenvalue weighted by atomic mass is 32.1. The van der Waals surface area contributed by atoms with Gasteiger partial charge in [-0.05, 0) is 42.5 Å². The summed E-state index contributed by atoms with van der Waals surface area (Å²) in [4.78, 5) is 15.4. The lowest BCUT2D eigenvalue weighted by Gasteiger charge is -2.30. The van der Waals surface area contributed by atoms with Crippen LogP contribution >= 0.6 is 22.7 Å². The van der Waals surface area contributed by atoms with Crippen molar-refractivity contribution >= 4 is 34.7 Å². The van der Waals surface area contributed by atoms with Gasteiger partial charge in [-0.25, -0.2) is 4.39 Å². The number of rotatable bonds is 4. The summed E-state index contributed by atoms with van der Waals surface area (Å²) in [6, 6.07) is 10.5. The molecule has 0 bridgehead atoms. The van der Waals surface area contributed by atoms with Crippen LogP contribution in [0.2, 0.25) is 0 Å². The fraction of sp³-hybridized carbons (Fsp3) is 0.250. The van der Waals surface area contributed by atoms with E-state index in [1.165, 1.54) is 17.4 Å². The van der Waals surface area contributed by atoms with E-state index in [4.69, 9.17) is 0 Å². The molecule has 0 aliphatic carbocycles. The molecule has 27 heavy (non-hydrogen) atoms. The second-order valence-electron chi connectivity index (χ2n) is 6.40. The maximum Gasteiger partial charge on any atom is 0.246 e. The van der Waals surface area contributed by atoms with Gasteiger partial charge in [-0.3, -0.25) is 4.79 Å². The molecular weight excluding hydrogens is 381 g/mol. The van der Waals surface area contributed by atoms with Gasteiger partial charge in [0.2, 0.25) is 5.91 Å². The van der Waals surface area contributed by atoms with Crippen molar-refractivity contribution in [3.63, 3.8) is 0 Å². The molecule has 7 heteroatoms. The van der Waals surface area contributed by atoms with Crippen LogP contribution < -0.4 is 0 Å². The first-order chi connectivity index (χ1) is 13.2. The van der Waals surface area contributed by atoms with E-state index in [-0.39, 0.29) is 17.6 Å². The van der Waals surface area contributed by atoms with Crippen LogP contribution in [0.15, 0.2) is 47.9 Å². The topological polar surface area (TPSA) is 46.1 Å². The first kappa shape index (κ1) is 18.0. The fourth-order valence-electron chi connectivity index (χ4n) is 3.17. The number of piperidine rings is 1. The summed E-state index contributed by atoms with van der Waals surface area (Å²) in [5.74, 6) is -0.123. The van der Waals surface area contributed by atoms with E-state index in [9.17, 15) is 9.18 Å². The Morgan fingerprint density at radius 1 is 1.22 bits per heavy atom. The molecule has 0 N–H and O–H groups in total. The van der Waals surface area contributed by atoms with Gasteiger partial charge < -0.3 is 4.90 Å². The number of nitrogens with zero attached hydrogens (tertiary/aromatic N) is 3. The smallest absolute Gasteiger partial charge is 0.246 e. The van der Waals surface area contributed by atoms with E-state index in [0.717, 1.165) is 29.3 Å². The van der Waals surface area contributed by atoms with E-state index in [1.54, 1.807) is 35.6 Å². The second kappa shape index (κ2) is 8.10. The molecule has 0 saturated carbocycles. The van der Waals surface area contributed by atoms with Crippen molar-refractivity contribution in [1.29, 1.82) is 0 Å². The maximum atomic E-state index is 14.0. The predicted molar refractivity (Wildman–Crippen MR) is 107 cm³/mol. The summed E-state index contributed by atoms with van der Waals surface area (Å²) in [6.45, 7) is 1.38. The van der Waals surface area contributed by atoms with Crippen molar-refractivity contribution in [3.05, 3.63) is 63.6 Å². The molecular formula is C20H18FN3OS2. The number of amides is 1. The minimum absolute atomic E-state index is 0.0203. The SMILES string of the molecule is O=C(/C=C/c1cccs1)N1CCCC(c2nnc(-c3ccccc3F)s2)C1. The van der Waals surface area contributed by atoms with Gasteiger partial charge in [0.1, 0.15) is 10.8 Å². The highest BCUT2D eigenvalue weighted by molar-refractivity contribution is 7.14. The van der Waals surface area contributed by atoms with Crippen LogP contribution in [-0.4, -0.2) is 34.1 Å². The zero-order valence-corrected chi connectivity index (χ0v) is 16.2. The molecule has 2 aromatic heterocycles. The van der Waals surface area contributed by atoms with Gasteiger partial charge in [0.25, 0.3) is 0 Å². The molecule has 4 nitrogen and oxygen atoms in total. The van der Waals surface area contributed by atoms with Gasteiger partial charge in [0.15, 0.2) is 5.01 Å². The van der Waals surface area contributed by atoms with E-state index in [0.29, 0.717) is 17.1 Å². The standard InChI is InChI=1S/C20H18FN3OS2/c21-17-8-2-1-7-16(17)20-23-22-19(27-20)14-5-3-11-24(13-14)18(25)10-9-15-6-4-12-26-15/h1-2,4,6-10,12,14H,3,5,11,13H2/b10-9+. The first-order valence-electron chi connectivity index (χ1n) is 8.79. The van der Waals surface area contributed by atoms with Crippen molar-refractivity contribution in [2.75, 3.05) is 13.1 Å². The zero-order chi connectivity index (χ0) is 18.6. The number of halogens is 1. The van der Waals surface area contributed by atoms with Crippen LogP contribution in [0, 0.1) is 5.82 Å². The fourth-order valence-corrected chi connectivity index (χ4v) is 4.78. The molecule has 3 aromatic rings. The van der Waals surface area contributed by atoms with Crippen molar-refractivity contribution in [2.45, 2.75) is 18.8 Å². The van der Waals surface area contributed by atoms with E-state index in [2.05, 4.69) is 10.2 Å². The highest BCUT2D eigenvalue weighted by Crippen LogP contribution is 2.33. The Bertz CT molecular complexity index is 952. The van der Waals surface area contributed by atoms with Crippen molar-refractivity contribution < 1.29 is 9.18 Å². The lowest BCUT2D eigenvalue weighted by molar-refractivity contribution is -0.127. The Balaban J connectivity index is 1.46. The highest BCUT2D eigenvalue weighted by Gasteiger charge is 2.26. The zero-order valence-electron chi connectivity index (χ0n) is 14.5. The molecule has 1 atom stereocenters. The first-order valence-corrected chi connectivity index (χ1v) is 10.5. The van der Waals surface area contributed by atoms with E-state index in [1.807, 2.05) is 28.5 Å². The lowest BCUT2D eigenvalue weighted by Crippen LogP contribution is -2.38. The summed E-state index contributed by atoms with van der Waals surface area (Å²) in [7, 11) is 0. The van der Waals surface area contributed by atoms with Gasteiger partial charge in [-0.15, -0.1) is 21.5 Å². The number of hydrogen-bond acceptors (Lipinski definition) is 5. The molecule has 0 spiro atoms. The van der Waals surface area contributed by atoms with Crippen LogP contribution in [0.4, 0.5) is 4.39 Å². The van der Waals surface area contributed by atoms with E-state index >= 15 is 0 Å². The largest absolute Gasteiger partial charge is 0.338 e. The summed E-state index contributed by atoms with van der Waals surface area (Å²) in [5, 5.41) is 11.9. The maximum absolute atomic E-state index is 14.0. The molecule has 138 valence electrons. The summed E-state index contributed by atoms with van der Waals surface area (Å²) in [5.41, 5.74) is 0.476. The quantitative estimate of drug-likeness (QED) is 0.591. The van der Waals surface area contributed by atoms with Crippen molar-refractivity contribution in [3.8, 4) is 10.6 Å². The van der Waals surface area contributed by atoms with Gasteiger partial charge in [-0.1, -0.05) is 29.5 Å². The van der Waals surface area contributed by atoms with Crippen molar-refractivity contribution in [2.24, 2.45) is 0 Å². The van der Waals surface area contributed by atoms with Crippen LogP contribution in [-0.2, 0) is 4.79 Å². The third-order valence-electron chi connectivity index (χ3n) is 4.56. The Hall–Kier alpha value is -2.38. The minimum atomic E-state index is -0.292. The van der Waals surface area contributed by atoms with Crippen LogP contribution in [0.1, 0.15) is 28.6 Å². The molecule has 1 fully saturated rings. The van der Waals surface area contributed by atoms with Crippen molar-refractivity contribution in [1.82, 2.24) is 15.1 Å². The average Bonchev–Trinajstić information content (AvgIpc) is 3.39. The summed E-state index contributed by atoms with van der Waals surface area (Å²) < 4.78 is 14.0. The van der Waals surface area contributed by atoms with Crippen LogP contribution in [0.3, 0.4) is 0 Å². The molecule has 1 aromatic carbocycles. The molecule has 1 aliphatic heterocycles. The minimum Gasteiger partial charge on any atom is -0.338 e. The van der Waals surface area contributed by atoms with Gasteiger partial charge in [0, 0.05) is 35.5 Å². The molecule has 4 rings (SSSR count). The lowest BCUT2D eigenvalue weighted by atomic mass is 9.99. The third kappa shape index (κ3) is 4.14. The molecule has 1 aliphatic rings. The van der Waals surface area contributed by atoms with Gasteiger partial charge >= 0.3 is 0 Å². The van der Waals surface area contributed by atoms with Crippen LogP contribution in [0.5, 0.6) is 0 Å². The molecule has 1 amide bonds. The predicted octanol–water partition coefficient (Wildman–Crippen LogP) is 4.83. The molecule has 0 radical (unpaired) electrons. The average molecular weight is 400 g/mol. The number of likely N-dealkylation sites (tertiary alicyclic amines) is 1. The normalized spacial score (nSPS) is 17.5. The Morgan fingerprint density at radius 2 is 2.11 bits per heavy atom. The monoisotopic (exact) mass is 399 g/mol. The van der Waals surface area contributed by atoms with Gasteiger partial charge in [0.05, 0.1) is 0 Å². The molecule has 1 unspecified atom stereocenters. The number of carbonyl (C=O) groups is 1. The summed E-state index contributed by atoms with van der Waals surface area (Å²) in [6.07, 6.45) is 5.39. The Morgan fingerprint density at radius 3 is 2.93 bits per heavy atom. The second-order valence-corrected chi connectivity index (χ2v) is 8.39. The molecule has 3 heterocycles. The number of thiophene rings is 1. The number of carbonyl (C=O) groups excluding carboxylic acids is 1. The third-order valence-corrected chi connectivity index (χ3v) is 6.52. The van der Waals surface area contributed by atoms with E-state index < -0.39 is 0 Å². The van der Waals surface area contributed by atoms with Gasteiger partial charge in [-0.2, -0.15) is 0 Å². The number of hydrogen-bond donors (Lipinski definition) is 0. The summed E-state index contributed by atoms with van der Waals surface area (Å²) >= 11 is 3.02. The number of aromatic nitrogens is 2. The number of benzene rings is 1. The Labute approximate surface area is 165 Å². The Kier molecular flexibility index (Phi) is 5.40. The van der Waals surface area contributed by atoms with Crippen LogP contribution in [0.25, 0.3) is 16.6 Å². The molecule has 1 saturated heterocycles.